The molecule has 1 aromatic carbocycles. The maximum absolute atomic E-state index is 12.4. The molecule has 29 heavy (non-hydrogen) atoms. The number of esters is 1. The first-order chi connectivity index (χ1) is 13.6. The molecule has 0 aliphatic rings. The number of nitrogens with one attached hydrogen (secondary N) is 1. The zero-order valence-electron chi connectivity index (χ0n) is 17.0. The molecule has 1 amide bonds. The molecular formula is C21H23BrN2O4S. The molecule has 0 atom stereocenters. The molecule has 1 N–H and O–H groups in total. The Labute approximate surface area is 183 Å². The number of nitrogens with zero attached hydrogens (tertiary/aromatic N) is 1. The van der Waals surface area contributed by atoms with E-state index in [1.165, 1.54) is 0 Å². The van der Waals surface area contributed by atoms with Gasteiger partial charge in [0.15, 0.2) is 6.61 Å². The van der Waals surface area contributed by atoms with Crippen LogP contribution < -0.4 is 10.1 Å². The topological polar surface area (TPSA) is 88.4 Å². The van der Waals surface area contributed by atoms with Crippen LogP contribution in [0.2, 0.25) is 0 Å². The number of hydrogen-bond acceptors (Lipinski definition) is 6. The van der Waals surface area contributed by atoms with Gasteiger partial charge in [-0.25, -0.2) is 4.79 Å². The molecule has 2 rings (SSSR count). The molecule has 8 heteroatoms. The second kappa shape index (κ2) is 9.42. The second-order valence-corrected chi connectivity index (χ2v) is 9.26. The first-order valence-corrected chi connectivity index (χ1v) is 10.6. The average molecular weight is 479 g/mol. The number of halogens is 1. The summed E-state index contributed by atoms with van der Waals surface area (Å²) in [5, 5.41) is 12.4. The Bertz CT molecular complexity index is 970. The highest BCUT2D eigenvalue weighted by atomic mass is 79.9. The van der Waals surface area contributed by atoms with Crippen molar-refractivity contribution >= 4 is 44.1 Å². The van der Waals surface area contributed by atoms with Crippen LogP contribution in [0.25, 0.3) is 0 Å². The molecule has 0 unspecified atom stereocenters. The number of thiophene rings is 1. The third-order valence-corrected chi connectivity index (χ3v) is 5.76. The van der Waals surface area contributed by atoms with Crippen molar-refractivity contribution in [3.05, 3.63) is 44.2 Å². The number of nitriles is 1. The Morgan fingerprint density at radius 2 is 2.00 bits per heavy atom. The van der Waals surface area contributed by atoms with Gasteiger partial charge in [0, 0.05) is 10.0 Å². The molecule has 0 fully saturated rings. The number of rotatable bonds is 6. The summed E-state index contributed by atoms with van der Waals surface area (Å²) in [6.45, 7) is 9.56. The van der Waals surface area contributed by atoms with Crippen LogP contribution in [0.5, 0.6) is 5.75 Å². The molecule has 0 aliphatic carbocycles. The van der Waals surface area contributed by atoms with Gasteiger partial charge in [0.2, 0.25) is 0 Å². The molecule has 1 heterocycles. The van der Waals surface area contributed by atoms with E-state index in [1.807, 2.05) is 24.3 Å². The summed E-state index contributed by atoms with van der Waals surface area (Å²) in [4.78, 5) is 24.8. The van der Waals surface area contributed by atoms with E-state index < -0.39 is 11.9 Å². The van der Waals surface area contributed by atoms with Crippen LogP contribution in [0.4, 0.5) is 5.00 Å². The van der Waals surface area contributed by atoms with Crippen molar-refractivity contribution in [2.45, 2.75) is 40.0 Å². The Kier molecular flexibility index (Phi) is 7.44. The highest BCUT2D eigenvalue weighted by Crippen LogP contribution is 2.35. The van der Waals surface area contributed by atoms with E-state index in [-0.39, 0.29) is 24.2 Å². The van der Waals surface area contributed by atoms with Crippen molar-refractivity contribution in [1.29, 1.82) is 5.26 Å². The van der Waals surface area contributed by atoms with E-state index >= 15 is 0 Å². The Hall–Kier alpha value is -2.37. The molecule has 0 aliphatic heterocycles. The van der Waals surface area contributed by atoms with E-state index in [4.69, 9.17) is 9.47 Å². The van der Waals surface area contributed by atoms with Crippen LogP contribution in [0.3, 0.4) is 0 Å². The lowest BCUT2D eigenvalue weighted by molar-refractivity contribution is -0.118. The number of carbonyl (C=O) groups is 2. The third kappa shape index (κ3) is 5.58. The normalized spacial score (nSPS) is 10.9. The standard InChI is InChI=1S/C21H23BrN2O4S/c1-6-27-20(26)18-12(2)14(10-23)19(29-18)24-17(25)11-28-16-8-7-13(22)9-15(16)21(3,4)5/h7-9H,6,11H2,1-5H3,(H,24,25). The van der Waals surface area contributed by atoms with Gasteiger partial charge in [-0.2, -0.15) is 5.26 Å². The van der Waals surface area contributed by atoms with Gasteiger partial charge in [-0.1, -0.05) is 36.7 Å². The van der Waals surface area contributed by atoms with Gasteiger partial charge in [0.25, 0.3) is 5.91 Å². The second-order valence-electron chi connectivity index (χ2n) is 7.32. The van der Waals surface area contributed by atoms with Crippen LogP contribution in [0.15, 0.2) is 22.7 Å². The van der Waals surface area contributed by atoms with Crippen LogP contribution in [-0.2, 0) is 14.9 Å². The summed E-state index contributed by atoms with van der Waals surface area (Å²) < 4.78 is 11.7. The molecule has 0 bridgehead atoms. The van der Waals surface area contributed by atoms with Crippen molar-refractivity contribution in [3.63, 3.8) is 0 Å². The minimum Gasteiger partial charge on any atom is -0.483 e. The number of benzene rings is 1. The Morgan fingerprint density at radius 1 is 1.31 bits per heavy atom. The van der Waals surface area contributed by atoms with Gasteiger partial charge in [0.05, 0.1) is 12.2 Å². The summed E-state index contributed by atoms with van der Waals surface area (Å²) in [6, 6.07) is 7.67. The molecule has 6 nitrogen and oxygen atoms in total. The molecule has 0 radical (unpaired) electrons. The minimum atomic E-state index is -0.507. The first kappa shape index (κ1) is 22.9. The lowest BCUT2D eigenvalue weighted by Crippen LogP contribution is -2.22. The van der Waals surface area contributed by atoms with E-state index in [9.17, 15) is 14.9 Å². The van der Waals surface area contributed by atoms with E-state index in [2.05, 4.69) is 42.0 Å². The Balaban J connectivity index is 2.16. The third-order valence-electron chi connectivity index (χ3n) is 4.08. The zero-order chi connectivity index (χ0) is 21.8. The highest BCUT2D eigenvalue weighted by molar-refractivity contribution is 9.10. The Morgan fingerprint density at radius 3 is 2.59 bits per heavy atom. The number of amides is 1. The molecule has 0 saturated heterocycles. The maximum Gasteiger partial charge on any atom is 0.348 e. The van der Waals surface area contributed by atoms with Crippen molar-refractivity contribution in [3.8, 4) is 11.8 Å². The number of carbonyl (C=O) groups excluding carboxylic acids is 2. The number of ether oxygens (including phenoxy) is 2. The van der Waals surface area contributed by atoms with Gasteiger partial charge < -0.3 is 14.8 Å². The molecular weight excluding hydrogens is 456 g/mol. The number of hydrogen-bond donors (Lipinski definition) is 1. The van der Waals surface area contributed by atoms with Crippen molar-refractivity contribution in [2.24, 2.45) is 0 Å². The average Bonchev–Trinajstić information content (AvgIpc) is 2.95. The summed E-state index contributed by atoms with van der Waals surface area (Å²) in [7, 11) is 0. The van der Waals surface area contributed by atoms with E-state index in [0.717, 1.165) is 21.4 Å². The van der Waals surface area contributed by atoms with Gasteiger partial charge in [-0.05, 0) is 43.0 Å². The zero-order valence-corrected chi connectivity index (χ0v) is 19.4. The molecule has 2 aromatic rings. The monoisotopic (exact) mass is 478 g/mol. The van der Waals surface area contributed by atoms with E-state index in [1.54, 1.807) is 13.8 Å². The van der Waals surface area contributed by atoms with Gasteiger partial charge >= 0.3 is 5.97 Å². The predicted octanol–water partition coefficient (Wildman–Crippen LogP) is 5.18. The van der Waals surface area contributed by atoms with Gasteiger partial charge in [0.1, 0.15) is 21.7 Å². The SMILES string of the molecule is CCOC(=O)c1sc(NC(=O)COc2ccc(Br)cc2C(C)(C)C)c(C#N)c1C. The van der Waals surface area contributed by atoms with E-state index in [0.29, 0.717) is 21.2 Å². The fraction of sp³-hybridized carbons (Fsp3) is 0.381. The molecule has 154 valence electrons. The van der Waals surface area contributed by atoms with Crippen molar-refractivity contribution in [1.82, 2.24) is 0 Å². The van der Waals surface area contributed by atoms with Gasteiger partial charge in [-0.3, -0.25) is 4.79 Å². The number of anilines is 1. The fourth-order valence-electron chi connectivity index (χ4n) is 2.65. The van der Waals surface area contributed by atoms with Gasteiger partial charge in [-0.15, -0.1) is 11.3 Å². The van der Waals surface area contributed by atoms with Crippen LogP contribution >= 0.6 is 27.3 Å². The van der Waals surface area contributed by atoms with Crippen LogP contribution in [-0.4, -0.2) is 25.1 Å². The largest absolute Gasteiger partial charge is 0.483 e. The summed E-state index contributed by atoms with van der Waals surface area (Å²) in [6.07, 6.45) is 0. The van der Waals surface area contributed by atoms with Crippen molar-refractivity contribution in [2.75, 3.05) is 18.5 Å². The molecule has 1 aromatic heterocycles. The first-order valence-electron chi connectivity index (χ1n) is 9.01. The smallest absolute Gasteiger partial charge is 0.348 e. The van der Waals surface area contributed by atoms with Crippen molar-refractivity contribution < 1.29 is 19.1 Å². The molecule has 0 saturated carbocycles. The quantitative estimate of drug-likeness (QED) is 0.577. The fourth-order valence-corrected chi connectivity index (χ4v) is 4.08. The summed E-state index contributed by atoms with van der Waals surface area (Å²) in [5.74, 6) is -0.306. The van der Waals surface area contributed by atoms with Crippen LogP contribution in [0, 0.1) is 18.3 Å². The highest BCUT2D eigenvalue weighted by Gasteiger charge is 2.23. The molecule has 0 spiro atoms. The summed E-state index contributed by atoms with van der Waals surface area (Å²) >= 11 is 4.49. The lowest BCUT2D eigenvalue weighted by Gasteiger charge is -2.23. The maximum atomic E-state index is 12.4. The lowest BCUT2D eigenvalue weighted by atomic mass is 9.86. The predicted molar refractivity (Wildman–Crippen MR) is 117 cm³/mol. The minimum absolute atomic E-state index is 0.164. The van der Waals surface area contributed by atoms with Crippen LogP contribution in [0.1, 0.15) is 54.1 Å². The summed E-state index contributed by atoms with van der Waals surface area (Å²) in [5.41, 5.74) is 1.55.